The molecule has 0 aromatic carbocycles. The summed E-state index contributed by atoms with van der Waals surface area (Å²) in [7, 11) is 0. The SMILES string of the molecule is Cc1cscc1-c1nc(C)c(CCO)c(=O)[nH]1. The second-order valence-electron chi connectivity index (χ2n) is 3.92. The van der Waals surface area contributed by atoms with E-state index in [1.54, 1.807) is 18.3 Å². The molecule has 0 aliphatic carbocycles. The number of hydrogen-bond acceptors (Lipinski definition) is 4. The molecule has 0 saturated heterocycles. The van der Waals surface area contributed by atoms with Crippen LogP contribution in [0.2, 0.25) is 0 Å². The van der Waals surface area contributed by atoms with Crippen molar-refractivity contribution in [2.75, 3.05) is 6.61 Å². The maximum atomic E-state index is 11.9. The maximum absolute atomic E-state index is 11.9. The van der Waals surface area contributed by atoms with Crippen LogP contribution in [0.25, 0.3) is 11.4 Å². The third kappa shape index (κ3) is 2.30. The van der Waals surface area contributed by atoms with E-state index in [4.69, 9.17) is 5.11 Å². The van der Waals surface area contributed by atoms with Crippen molar-refractivity contribution in [2.24, 2.45) is 0 Å². The fraction of sp³-hybridized carbons (Fsp3) is 0.333. The van der Waals surface area contributed by atoms with Gasteiger partial charge in [-0.15, -0.1) is 0 Å². The van der Waals surface area contributed by atoms with Crippen LogP contribution < -0.4 is 5.56 Å². The number of aliphatic hydroxyl groups excluding tert-OH is 1. The van der Waals surface area contributed by atoms with Crippen molar-refractivity contribution < 1.29 is 5.11 Å². The molecule has 5 heteroatoms. The summed E-state index contributed by atoms with van der Waals surface area (Å²) in [6.07, 6.45) is 0.344. The van der Waals surface area contributed by atoms with Crippen LogP contribution in [0.15, 0.2) is 15.6 Å². The van der Waals surface area contributed by atoms with Crippen LogP contribution in [0.3, 0.4) is 0 Å². The lowest BCUT2D eigenvalue weighted by Gasteiger charge is -2.05. The molecule has 0 radical (unpaired) electrons. The average molecular weight is 250 g/mol. The lowest BCUT2D eigenvalue weighted by molar-refractivity contribution is 0.298. The Kier molecular flexibility index (Phi) is 3.40. The average Bonchev–Trinajstić information content (AvgIpc) is 2.69. The second-order valence-corrected chi connectivity index (χ2v) is 4.66. The van der Waals surface area contributed by atoms with Gasteiger partial charge in [0.15, 0.2) is 0 Å². The number of H-pyrrole nitrogens is 1. The van der Waals surface area contributed by atoms with Crippen molar-refractivity contribution >= 4 is 11.3 Å². The van der Waals surface area contributed by atoms with Crippen molar-refractivity contribution in [2.45, 2.75) is 20.3 Å². The van der Waals surface area contributed by atoms with E-state index in [1.807, 2.05) is 17.7 Å². The zero-order valence-electron chi connectivity index (χ0n) is 9.78. The van der Waals surface area contributed by atoms with Gasteiger partial charge in [-0.3, -0.25) is 4.79 Å². The molecule has 2 aromatic rings. The Bertz CT molecular complexity index is 586. The highest BCUT2D eigenvalue weighted by atomic mass is 32.1. The minimum atomic E-state index is -0.160. The first-order valence-corrected chi connectivity index (χ1v) is 6.31. The molecule has 0 spiro atoms. The molecule has 0 bridgehead atoms. The molecular weight excluding hydrogens is 236 g/mol. The molecule has 4 nitrogen and oxygen atoms in total. The summed E-state index contributed by atoms with van der Waals surface area (Å²) in [6.45, 7) is 3.75. The van der Waals surface area contributed by atoms with E-state index in [-0.39, 0.29) is 12.2 Å². The molecule has 2 N–H and O–H groups in total. The number of aromatic amines is 1. The number of hydrogen-bond donors (Lipinski definition) is 2. The minimum Gasteiger partial charge on any atom is -0.396 e. The Labute approximate surface area is 103 Å². The highest BCUT2D eigenvalue weighted by Crippen LogP contribution is 2.23. The van der Waals surface area contributed by atoms with Crippen LogP contribution in [0.4, 0.5) is 0 Å². The number of nitrogens with one attached hydrogen (secondary N) is 1. The van der Waals surface area contributed by atoms with Gasteiger partial charge in [-0.25, -0.2) is 4.98 Å². The molecule has 0 atom stereocenters. The van der Waals surface area contributed by atoms with Crippen LogP contribution in [-0.2, 0) is 6.42 Å². The van der Waals surface area contributed by atoms with Crippen LogP contribution in [0.5, 0.6) is 0 Å². The Morgan fingerprint density at radius 3 is 2.71 bits per heavy atom. The quantitative estimate of drug-likeness (QED) is 0.870. The van der Waals surface area contributed by atoms with Crippen molar-refractivity contribution in [3.05, 3.63) is 37.9 Å². The summed E-state index contributed by atoms with van der Waals surface area (Å²) in [5.74, 6) is 0.605. The maximum Gasteiger partial charge on any atom is 0.254 e. The normalized spacial score (nSPS) is 10.8. The van der Waals surface area contributed by atoms with E-state index in [2.05, 4.69) is 9.97 Å². The van der Waals surface area contributed by atoms with Gasteiger partial charge in [-0.1, -0.05) is 0 Å². The van der Waals surface area contributed by atoms with E-state index in [9.17, 15) is 4.79 Å². The molecule has 0 aliphatic heterocycles. The van der Waals surface area contributed by atoms with Gasteiger partial charge in [-0.2, -0.15) is 11.3 Å². The third-order valence-corrected chi connectivity index (χ3v) is 3.56. The number of aliphatic hydroxyl groups is 1. The van der Waals surface area contributed by atoms with Gasteiger partial charge in [0.05, 0.1) is 0 Å². The van der Waals surface area contributed by atoms with Crippen LogP contribution in [0.1, 0.15) is 16.8 Å². The number of thiophene rings is 1. The molecule has 0 unspecified atom stereocenters. The molecule has 2 heterocycles. The van der Waals surface area contributed by atoms with Crippen molar-refractivity contribution in [1.29, 1.82) is 0 Å². The highest BCUT2D eigenvalue weighted by molar-refractivity contribution is 7.08. The molecule has 0 amide bonds. The zero-order valence-corrected chi connectivity index (χ0v) is 10.6. The van der Waals surface area contributed by atoms with Crippen LogP contribution in [-0.4, -0.2) is 21.7 Å². The fourth-order valence-corrected chi connectivity index (χ4v) is 2.58. The molecule has 2 aromatic heterocycles. The van der Waals surface area contributed by atoms with Gasteiger partial charge < -0.3 is 10.1 Å². The Morgan fingerprint density at radius 1 is 1.41 bits per heavy atom. The fourth-order valence-electron chi connectivity index (χ4n) is 1.75. The Hall–Kier alpha value is -1.46. The first kappa shape index (κ1) is 12.0. The van der Waals surface area contributed by atoms with Gasteiger partial charge in [0, 0.05) is 35.2 Å². The zero-order chi connectivity index (χ0) is 12.4. The van der Waals surface area contributed by atoms with E-state index in [0.29, 0.717) is 23.5 Å². The van der Waals surface area contributed by atoms with Gasteiger partial charge in [-0.05, 0) is 24.8 Å². The van der Waals surface area contributed by atoms with Crippen molar-refractivity contribution in [3.63, 3.8) is 0 Å². The predicted molar refractivity (Wildman–Crippen MR) is 68.4 cm³/mol. The molecule has 17 heavy (non-hydrogen) atoms. The van der Waals surface area contributed by atoms with Crippen LogP contribution >= 0.6 is 11.3 Å². The lowest BCUT2D eigenvalue weighted by atomic mass is 10.1. The summed E-state index contributed by atoms with van der Waals surface area (Å²) in [5.41, 5.74) is 3.15. The predicted octanol–water partition coefficient (Wildman–Crippen LogP) is 1.65. The summed E-state index contributed by atoms with van der Waals surface area (Å²) in [6, 6.07) is 0. The smallest absolute Gasteiger partial charge is 0.254 e. The summed E-state index contributed by atoms with van der Waals surface area (Å²) in [5, 5.41) is 12.9. The number of aryl methyl sites for hydroxylation is 2. The monoisotopic (exact) mass is 250 g/mol. The summed E-state index contributed by atoms with van der Waals surface area (Å²) in [4.78, 5) is 19.0. The molecule has 90 valence electrons. The van der Waals surface area contributed by atoms with E-state index >= 15 is 0 Å². The number of aromatic nitrogens is 2. The summed E-state index contributed by atoms with van der Waals surface area (Å²) < 4.78 is 0. The standard InChI is InChI=1S/C12H14N2O2S/c1-7-5-17-6-10(7)11-13-8(2)9(3-4-15)12(16)14-11/h5-6,15H,3-4H2,1-2H3,(H,13,14,16). The summed E-state index contributed by atoms with van der Waals surface area (Å²) >= 11 is 1.59. The molecule has 0 saturated carbocycles. The van der Waals surface area contributed by atoms with Crippen molar-refractivity contribution in [1.82, 2.24) is 9.97 Å². The van der Waals surface area contributed by atoms with Crippen LogP contribution in [0, 0.1) is 13.8 Å². The third-order valence-electron chi connectivity index (χ3n) is 2.69. The minimum absolute atomic E-state index is 0.0393. The van der Waals surface area contributed by atoms with Gasteiger partial charge in [0.25, 0.3) is 5.56 Å². The van der Waals surface area contributed by atoms with E-state index in [0.717, 1.165) is 11.1 Å². The molecule has 2 rings (SSSR count). The number of rotatable bonds is 3. The second kappa shape index (κ2) is 4.81. The van der Waals surface area contributed by atoms with Gasteiger partial charge >= 0.3 is 0 Å². The molecular formula is C12H14N2O2S. The Morgan fingerprint density at radius 2 is 2.18 bits per heavy atom. The van der Waals surface area contributed by atoms with Gasteiger partial charge in [0.2, 0.25) is 0 Å². The van der Waals surface area contributed by atoms with Crippen molar-refractivity contribution in [3.8, 4) is 11.4 Å². The Balaban J connectivity index is 2.53. The molecule has 0 fully saturated rings. The van der Waals surface area contributed by atoms with Gasteiger partial charge in [0.1, 0.15) is 5.82 Å². The lowest BCUT2D eigenvalue weighted by Crippen LogP contribution is -2.18. The van der Waals surface area contributed by atoms with E-state index < -0.39 is 0 Å². The largest absolute Gasteiger partial charge is 0.396 e. The van der Waals surface area contributed by atoms with E-state index in [1.165, 1.54) is 0 Å². The number of nitrogens with zero attached hydrogens (tertiary/aromatic N) is 1. The first-order valence-electron chi connectivity index (χ1n) is 5.37. The molecule has 0 aliphatic rings. The highest BCUT2D eigenvalue weighted by Gasteiger charge is 2.10. The topological polar surface area (TPSA) is 66.0 Å². The first-order chi connectivity index (χ1) is 8.13.